The fourth-order valence-corrected chi connectivity index (χ4v) is 7.34. The van der Waals surface area contributed by atoms with Gasteiger partial charge in [-0.25, -0.2) is 9.97 Å². The van der Waals surface area contributed by atoms with Gasteiger partial charge in [0.15, 0.2) is 11.6 Å². The van der Waals surface area contributed by atoms with Crippen LogP contribution in [0.1, 0.15) is 30.9 Å². The predicted octanol–water partition coefficient (Wildman–Crippen LogP) is 4.27. The molecule has 0 radical (unpaired) electrons. The molecule has 7 nitrogen and oxygen atoms in total. The number of rotatable bonds is 4. The maximum Gasteiger partial charge on any atom is 0.162 e. The molecule has 34 heavy (non-hydrogen) atoms. The highest BCUT2D eigenvalue weighted by molar-refractivity contribution is 7.99. The number of hydrogen-bond acceptors (Lipinski definition) is 8. The van der Waals surface area contributed by atoms with Crippen molar-refractivity contribution in [1.82, 2.24) is 15.0 Å². The quantitative estimate of drug-likeness (QED) is 0.388. The van der Waals surface area contributed by atoms with Gasteiger partial charge in [0.25, 0.3) is 0 Å². The highest BCUT2D eigenvalue weighted by Crippen LogP contribution is 2.44. The van der Waals surface area contributed by atoms with Gasteiger partial charge in [0.1, 0.15) is 0 Å². The lowest BCUT2D eigenvalue weighted by Crippen LogP contribution is -2.44. The molecular formula is C25H28N4O3S2. The SMILES string of the molecule is C[C@@H]1COCCN1c1nc(-c2cc(CO)cc3[nH]ccc23)nc2c(C3(O)CCSCC3)csc12. The van der Waals surface area contributed by atoms with Crippen LogP contribution in [0.3, 0.4) is 0 Å². The van der Waals surface area contributed by atoms with E-state index in [0.29, 0.717) is 19.0 Å². The fraction of sp³-hybridized carbons (Fsp3) is 0.440. The number of H-pyrrole nitrogens is 1. The second kappa shape index (κ2) is 8.80. The zero-order chi connectivity index (χ0) is 23.3. The van der Waals surface area contributed by atoms with Crippen LogP contribution in [0.15, 0.2) is 29.8 Å². The molecule has 2 aliphatic rings. The van der Waals surface area contributed by atoms with Gasteiger partial charge in [-0.1, -0.05) is 0 Å². The summed E-state index contributed by atoms with van der Waals surface area (Å²) in [6.07, 6.45) is 3.36. The summed E-state index contributed by atoms with van der Waals surface area (Å²) in [6, 6.07) is 6.15. The van der Waals surface area contributed by atoms with E-state index in [1.807, 2.05) is 36.2 Å². The normalized spacial score (nSPS) is 20.9. The zero-order valence-corrected chi connectivity index (χ0v) is 20.7. The molecule has 0 spiro atoms. The second-order valence-electron chi connectivity index (χ2n) is 9.20. The molecule has 1 atom stereocenters. The summed E-state index contributed by atoms with van der Waals surface area (Å²) in [5.41, 5.74) is 3.54. The van der Waals surface area contributed by atoms with Gasteiger partial charge in [0.05, 0.1) is 41.7 Å². The molecule has 178 valence electrons. The first-order valence-electron chi connectivity index (χ1n) is 11.7. The van der Waals surface area contributed by atoms with Crippen LogP contribution in [0.4, 0.5) is 5.82 Å². The Labute approximate surface area is 206 Å². The lowest BCUT2D eigenvalue weighted by molar-refractivity contribution is 0.0297. The lowest BCUT2D eigenvalue weighted by atomic mass is 9.89. The highest BCUT2D eigenvalue weighted by Gasteiger charge is 2.36. The molecule has 4 aromatic rings. The van der Waals surface area contributed by atoms with Crippen LogP contribution in [0.25, 0.3) is 32.5 Å². The number of thioether (sulfide) groups is 1. The van der Waals surface area contributed by atoms with Gasteiger partial charge in [-0.05, 0) is 60.4 Å². The van der Waals surface area contributed by atoms with Crippen molar-refractivity contribution in [2.24, 2.45) is 0 Å². The fourth-order valence-electron chi connectivity index (χ4n) is 5.07. The Morgan fingerprint density at radius 3 is 2.91 bits per heavy atom. The minimum Gasteiger partial charge on any atom is -0.392 e. The maximum atomic E-state index is 11.6. The van der Waals surface area contributed by atoms with Gasteiger partial charge < -0.3 is 24.8 Å². The van der Waals surface area contributed by atoms with Crippen LogP contribution >= 0.6 is 23.1 Å². The van der Waals surface area contributed by atoms with E-state index >= 15 is 0 Å². The number of anilines is 1. The molecule has 5 heterocycles. The Hall–Kier alpha value is -2.17. The van der Waals surface area contributed by atoms with Crippen molar-refractivity contribution in [2.75, 3.05) is 36.2 Å². The Kier molecular flexibility index (Phi) is 5.77. The van der Waals surface area contributed by atoms with Gasteiger partial charge >= 0.3 is 0 Å². The van der Waals surface area contributed by atoms with E-state index in [1.165, 1.54) is 0 Å². The number of thiophene rings is 1. The van der Waals surface area contributed by atoms with Gasteiger partial charge in [-0.3, -0.25) is 0 Å². The Morgan fingerprint density at radius 2 is 2.12 bits per heavy atom. The number of benzene rings is 1. The number of aromatic nitrogens is 3. The second-order valence-corrected chi connectivity index (χ2v) is 11.3. The van der Waals surface area contributed by atoms with Gasteiger partial charge in [-0.2, -0.15) is 11.8 Å². The molecule has 9 heteroatoms. The third-order valence-electron chi connectivity index (χ3n) is 7.01. The number of nitrogens with zero attached hydrogens (tertiary/aromatic N) is 3. The first-order chi connectivity index (χ1) is 16.6. The van der Waals surface area contributed by atoms with Gasteiger partial charge in [0, 0.05) is 34.8 Å². The molecule has 0 unspecified atom stereocenters. The van der Waals surface area contributed by atoms with Crippen molar-refractivity contribution in [3.8, 4) is 11.4 Å². The molecule has 2 aliphatic heterocycles. The summed E-state index contributed by atoms with van der Waals surface area (Å²) in [6.45, 7) is 4.18. The van der Waals surface area contributed by atoms with E-state index < -0.39 is 5.60 Å². The highest BCUT2D eigenvalue weighted by atomic mass is 32.2. The lowest BCUT2D eigenvalue weighted by Gasteiger charge is -2.35. The van der Waals surface area contributed by atoms with Crippen molar-refractivity contribution < 1.29 is 14.9 Å². The van der Waals surface area contributed by atoms with Gasteiger partial charge in [-0.15, -0.1) is 11.3 Å². The molecule has 2 saturated heterocycles. The Morgan fingerprint density at radius 1 is 1.26 bits per heavy atom. The van der Waals surface area contributed by atoms with Crippen molar-refractivity contribution >= 4 is 50.0 Å². The minimum atomic E-state index is -0.862. The molecule has 6 rings (SSSR count). The van der Waals surface area contributed by atoms with Crippen LogP contribution in [-0.2, 0) is 16.9 Å². The van der Waals surface area contributed by atoms with E-state index in [0.717, 1.165) is 74.5 Å². The van der Waals surface area contributed by atoms with Crippen LogP contribution < -0.4 is 4.90 Å². The van der Waals surface area contributed by atoms with Crippen molar-refractivity contribution in [3.63, 3.8) is 0 Å². The van der Waals surface area contributed by atoms with Gasteiger partial charge in [0.2, 0.25) is 0 Å². The molecule has 2 fully saturated rings. The monoisotopic (exact) mass is 496 g/mol. The number of aliphatic hydroxyl groups excluding tert-OH is 1. The number of ether oxygens (including phenoxy) is 1. The van der Waals surface area contributed by atoms with E-state index in [2.05, 4.69) is 22.2 Å². The first-order valence-corrected chi connectivity index (χ1v) is 13.8. The largest absolute Gasteiger partial charge is 0.392 e. The van der Waals surface area contributed by atoms with Crippen molar-refractivity contribution in [1.29, 1.82) is 0 Å². The number of hydrogen-bond donors (Lipinski definition) is 3. The van der Waals surface area contributed by atoms with Crippen LogP contribution in [0.2, 0.25) is 0 Å². The Bertz CT molecular complexity index is 1340. The summed E-state index contributed by atoms with van der Waals surface area (Å²) >= 11 is 3.52. The number of morpholine rings is 1. The molecule has 3 aromatic heterocycles. The summed E-state index contributed by atoms with van der Waals surface area (Å²) < 4.78 is 6.71. The smallest absolute Gasteiger partial charge is 0.162 e. The summed E-state index contributed by atoms with van der Waals surface area (Å²) in [5, 5.41) is 24.6. The maximum absolute atomic E-state index is 11.6. The average molecular weight is 497 g/mol. The number of aliphatic hydroxyl groups is 2. The summed E-state index contributed by atoms with van der Waals surface area (Å²) in [7, 11) is 0. The first kappa shape index (κ1) is 22.3. The standard InChI is InChI=1S/C25H28N4O3S2/c1-15-13-32-7-6-29(15)24-22-21(19(14-34-22)25(31)3-8-33-9-4-25)27-23(28-24)18-10-16(12-30)11-20-17(18)2-5-26-20/h2,5,10-11,14-15,26,30-31H,3-4,6-9,12-13H2,1H3/t15-/m1/s1. The molecule has 1 aromatic carbocycles. The number of nitrogens with one attached hydrogen (secondary N) is 1. The average Bonchev–Trinajstić information content (AvgIpc) is 3.51. The third-order valence-corrected chi connectivity index (χ3v) is 8.96. The number of aromatic amines is 1. The molecule has 0 saturated carbocycles. The molecular weight excluding hydrogens is 468 g/mol. The van der Waals surface area contributed by atoms with E-state index in [-0.39, 0.29) is 12.6 Å². The van der Waals surface area contributed by atoms with E-state index in [1.54, 1.807) is 11.3 Å². The molecule has 0 amide bonds. The van der Waals surface area contributed by atoms with Crippen molar-refractivity contribution in [3.05, 3.63) is 40.9 Å². The summed E-state index contributed by atoms with van der Waals surface area (Å²) in [4.78, 5) is 15.8. The van der Waals surface area contributed by atoms with Crippen molar-refractivity contribution in [2.45, 2.75) is 38.0 Å². The van der Waals surface area contributed by atoms with Crippen LogP contribution in [0, 0.1) is 0 Å². The minimum absolute atomic E-state index is 0.0569. The molecule has 0 bridgehead atoms. The molecule has 3 N–H and O–H groups in total. The van der Waals surface area contributed by atoms with E-state index in [9.17, 15) is 10.2 Å². The summed E-state index contributed by atoms with van der Waals surface area (Å²) in [5.74, 6) is 3.41. The molecule has 0 aliphatic carbocycles. The topological polar surface area (TPSA) is 94.5 Å². The van der Waals surface area contributed by atoms with Crippen LogP contribution in [0.5, 0.6) is 0 Å². The van der Waals surface area contributed by atoms with Crippen LogP contribution in [-0.4, -0.2) is 62.5 Å². The predicted molar refractivity (Wildman–Crippen MR) is 139 cm³/mol. The zero-order valence-electron chi connectivity index (χ0n) is 19.1. The van der Waals surface area contributed by atoms with E-state index in [4.69, 9.17) is 14.7 Å². The third kappa shape index (κ3) is 3.70. The number of fused-ring (bicyclic) bond motifs is 2. The Balaban J connectivity index is 1.61.